The van der Waals surface area contributed by atoms with Crippen LogP contribution in [0.25, 0.3) is 5.65 Å². The number of methoxy groups -OCH3 is 1. The minimum absolute atomic E-state index is 0.0643. The summed E-state index contributed by atoms with van der Waals surface area (Å²) in [6.07, 6.45) is 1.53. The Balaban J connectivity index is 1.94. The van der Waals surface area contributed by atoms with Crippen LogP contribution in [0.15, 0.2) is 42.6 Å². The third kappa shape index (κ3) is 2.76. The molecule has 0 spiro atoms. The van der Waals surface area contributed by atoms with Gasteiger partial charge in [0.2, 0.25) is 5.75 Å². The lowest BCUT2D eigenvalue weighted by atomic mass is 10.3. The third-order valence-corrected chi connectivity index (χ3v) is 3.47. The van der Waals surface area contributed by atoms with E-state index >= 15 is 0 Å². The van der Waals surface area contributed by atoms with Gasteiger partial charge >= 0.3 is 11.7 Å². The average molecular weight is 327 g/mol. The maximum Gasteiger partial charge on any atom is 0.364 e. The van der Waals surface area contributed by atoms with E-state index in [2.05, 4.69) is 4.98 Å². The summed E-state index contributed by atoms with van der Waals surface area (Å²) in [6, 6.07) is 9.43. The number of carbonyl (C=O) groups excluding carboxylic acids is 1. The van der Waals surface area contributed by atoms with Crippen LogP contribution in [0.1, 0.15) is 16.2 Å². The van der Waals surface area contributed by atoms with E-state index in [1.807, 2.05) is 19.1 Å². The van der Waals surface area contributed by atoms with E-state index in [-0.39, 0.29) is 17.1 Å². The molecule has 122 valence electrons. The van der Waals surface area contributed by atoms with E-state index in [1.165, 1.54) is 31.5 Å². The second kappa shape index (κ2) is 5.99. The van der Waals surface area contributed by atoms with Crippen molar-refractivity contribution in [3.8, 4) is 11.5 Å². The fraction of sp³-hybridized carbons (Fsp3) is 0.125. The van der Waals surface area contributed by atoms with Crippen LogP contribution in [0.2, 0.25) is 0 Å². The van der Waals surface area contributed by atoms with Crippen molar-refractivity contribution in [1.29, 1.82) is 0 Å². The Hall–Kier alpha value is -3.42. The predicted molar refractivity (Wildman–Crippen MR) is 84.5 cm³/mol. The molecule has 0 radical (unpaired) electrons. The van der Waals surface area contributed by atoms with Gasteiger partial charge in [0.1, 0.15) is 11.4 Å². The Morgan fingerprint density at radius 3 is 2.75 bits per heavy atom. The SMILES string of the molecule is COc1ccc(OC(=O)c2cn3c(C)cccc3n2)c([N+](=O)[O-])c1. The van der Waals surface area contributed by atoms with Crippen LogP contribution in [0.5, 0.6) is 11.5 Å². The molecule has 24 heavy (non-hydrogen) atoms. The Labute approximate surface area is 136 Å². The number of imidazole rings is 1. The fourth-order valence-corrected chi connectivity index (χ4v) is 2.25. The molecular formula is C16H13N3O5. The number of carbonyl (C=O) groups is 1. The van der Waals surface area contributed by atoms with Gasteiger partial charge in [0.25, 0.3) is 0 Å². The van der Waals surface area contributed by atoms with Gasteiger partial charge in [0, 0.05) is 11.9 Å². The Bertz CT molecular complexity index is 948. The van der Waals surface area contributed by atoms with Crippen molar-refractivity contribution in [1.82, 2.24) is 9.38 Å². The highest BCUT2D eigenvalue weighted by molar-refractivity contribution is 5.90. The topological polar surface area (TPSA) is 96.0 Å². The number of hydrogen-bond donors (Lipinski definition) is 0. The van der Waals surface area contributed by atoms with Gasteiger partial charge in [-0.15, -0.1) is 0 Å². The summed E-state index contributed by atoms with van der Waals surface area (Å²) < 4.78 is 11.8. The molecule has 0 fully saturated rings. The number of rotatable bonds is 4. The van der Waals surface area contributed by atoms with Crippen molar-refractivity contribution in [2.45, 2.75) is 6.92 Å². The second-order valence-corrected chi connectivity index (χ2v) is 5.00. The van der Waals surface area contributed by atoms with Crippen molar-refractivity contribution < 1.29 is 19.2 Å². The Kier molecular flexibility index (Phi) is 3.87. The summed E-state index contributed by atoms with van der Waals surface area (Å²) in [5.74, 6) is -0.643. The third-order valence-electron chi connectivity index (χ3n) is 3.47. The highest BCUT2D eigenvalue weighted by Crippen LogP contribution is 2.31. The number of benzene rings is 1. The number of hydrogen-bond acceptors (Lipinski definition) is 6. The first kappa shape index (κ1) is 15.5. The molecule has 1 aromatic carbocycles. The zero-order chi connectivity index (χ0) is 17.3. The molecule has 0 aliphatic carbocycles. The number of aromatic nitrogens is 2. The number of aryl methyl sites for hydroxylation is 1. The smallest absolute Gasteiger partial charge is 0.364 e. The van der Waals surface area contributed by atoms with Crippen molar-refractivity contribution in [2.24, 2.45) is 0 Å². The number of ether oxygens (including phenoxy) is 2. The molecule has 8 nitrogen and oxygen atoms in total. The molecule has 2 heterocycles. The summed E-state index contributed by atoms with van der Waals surface area (Å²) in [5.41, 5.74) is 1.19. The van der Waals surface area contributed by atoms with E-state index in [4.69, 9.17) is 9.47 Å². The van der Waals surface area contributed by atoms with Gasteiger partial charge in [0.15, 0.2) is 5.69 Å². The van der Waals surface area contributed by atoms with Crippen LogP contribution in [0, 0.1) is 17.0 Å². The summed E-state index contributed by atoms with van der Waals surface area (Å²) in [4.78, 5) is 26.9. The van der Waals surface area contributed by atoms with Crippen molar-refractivity contribution in [3.05, 3.63) is 64.1 Å². The number of esters is 1. The zero-order valence-corrected chi connectivity index (χ0v) is 12.9. The van der Waals surface area contributed by atoms with Crippen LogP contribution >= 0.6 is 0 Å². The van der Waals surface area contributed by atoms with Crippen molar-refractivity contribution in [2.75, 3.05) is 7.11 Å². The largest absolute Gasteiger partial charge is 0.496 e. The lowest BCUT2D eigenvalue weighted by Gasteiger charge is -2.05. The van der Waals surface area contributed by atoms with Crippen LogP contribution in [-0.2, 0) is 0 Å². The van der Waals surface area contributed by atoms with Gasteiger partial charge < -0.3 is 13.9 Å². The van der Waals surface area contributed by atoms with Crippen molar-refractivity contribution >= 4 is 17.3 Å². The number of pyridine rings is 1. The standard InChI is InChI=1S/C16H13N3O5/c1-10-4-3-5-15-17-12(9-18(10)15)16(20)24-14-7-6-11(23-2)8-13(14)19(21)22/h3-9H,1-2H3. The van der Waals surface area contributed by atoms with Crippen LogP contribution < -0.4 is 9.47 Å². The molecule has 0 bridgehead atoms. The quantitative estimate of drug-likeness (QED) is 0.316. The first-order chi connectivity index (χ1) is 11.5. The summed E-state index contributed by atoms with van der Waals surface area (Å²) in [7, 11) is 1.39. The van der Waals surface area contributed by atoms with Gasteiger partial charge in [-0.1, -0.05) is 6.07 Å². The van der Waals surface area contributed by atoms with E-state index in [1.54, 1.807) is 10.5 Å². The van der Waals surface area contributed by atoms with Crippen LogP contribution in [0.4, 0.5) is 5.69 Å². The minimum Gasteiger partial charge on any atom is -0.496 e. The molecule has 0 N–H and O–H groups in total. The van der Waals surface area contributed by atoms with Crippen LogP contribution in [-0.4, -0.2) is 27.4 Å². The average Bonchev–Trinajstić information content (AvgIpc) is 3.01. The first-order valence-electron chi connectivity index (χ1n) is 6.99. The maximum absolute atomic E-state index is 12.3. The predicted octanol–water partition coefficient (Wildman–Crippen LogP) is 2.78. The summed E-state index contributed by atoms with van der Waals surface area (Å²) in [6.45, 7) is 1.87. The maximum atomic E-state index is 12.3. The number of nitro benzene ring substituents is 1. The minimum atomic E-state index is -0.772. The lowest BCUT2D eigenvalue weighted by Crippen LogP contribution is -2.10. The molecule has 3 aromatic rings. The van der Waals surface area contributed by atoms with Crippen molar-refractivity contribution in [3.63, 3.8) is 0 Å². The zero-order valence-electron chi connectivity index (χ0n) is 12.9. The van der Waals surface area contributed by atoms with Gasteiger partial charge in [-0.2, -0.15) is 0 Å². The number of nitro groups is 1. The first-order valence-corrected chi connectivity index (χ1v) is 6.99. The van der Waals surface area contributed by atoms with Gasteiger partial charge in [0.05, 0.1) is 18.1 Å². The molecule has 0 saturated heterocycles. The monoisotopic (exact) mass is 327 g/mol. The highest BCUT2D eigenvalue weighted by atomic mass is 16.6. The molecule has 0 amide bonds. The molecule has 0 aliphatic rings. The Morgan fingerprint density at radius 1 is 1.29 bits per heavy atom. The van der Waals surface area contributed by atoms with E-state index < -0.39 is 10.9 Å². The highest BCUT2D eigenvalue weighted by Gasteiger charge is 2.21. The lowest BCUT2D eigenvalue weighted by molar-refractivity contribution is -0.385. The summed E-state index contributed by atoms with van der Waals surface area (Å²) >= 11 is 0. The summed E-state index contributed by atoms with van der Waals surface area (Å²) in [5, 5.41) is 11.1. The number of nitrogens with zero attached hydrogens (tertiary/aromatic N) is 3. The van der Waals surface area contributed by atoms with Crippen LogP contribution in [0.3, 0.4) is 0 Å². The molecule has 0 atom stereocenters. The normalized spacial score (nSPS) is 10.6. The fourth-order valence-electron chi connectivity index (χ4n) is 2.25. The molecule has 0 saturated carbocycles. The molecule has 8 heteroatoms. The van der Waals surface area contributed by atoms with E-state index in [9.17, 15) is 14.9 Å². The molecule has 3 rings (SSSR count). The molecular weight excluding hydrogens is 314 g/mol. The second-order valence-electron chi connectivity index (χ2n) is 5.00. The van der Waals surface area contributed by atoms with Gasteiger partial charge in [-0.05, 0) is 31.2 Å². The number of fused-ring (bicyclic) bond motifs is 1. The van der Waals surface area contributed by atoms with Gasteiger partial charge in [-0.25, -0.2) is 9.78 Å². The van der Waals surface area contributed by atoms with E-state index in [0.717, 1.165) is 5.69 Å². The Morgan fingerprint density at radius 2 is 2.08 bits per heavy atom. The molecule has 0 unspecified atom stereocenters. The molecule has 2 aromatic heterocycles. The van der Waals surface area contributed by atoms with E-state index in [0.29, 0.717) is 11.4 Å². The molecule has 0 aliphatic heterocycles. The van der Waals surface area contributed by atoms with Gasteiger partial charge in [-0.3, -0.25) is 10.1 Å².